The van der Waals surface area contributed by atoms with E-state index in [1.54, 1.807) is 26.8 Å². The van der Waals surface area contributed by atoms with Crippen molar-refractivity contribution in [2.75, 3.05) is 6.54 Å². The normalized spacial score (nSPS) is 14.3. The van der Waals surface area contributed by atoms with E-state index in [0.717, 1.165) is 0 Å². The Balaban J connectivity index is 2.65. The summed E-state index contributed by atoms with van der Waals surface area (Å²) in [4.78, 5) is 11.5. The third kappa shape index (κ3) is 5.81. The standard InChI is InChI=1S/C15H22ClNO5/c1-15(2,3)22-14(21)17-7-12(19)13(20)10-6-9(8-18)4-5-11(10)16/h4-6,12-13,18-20H,7-8H2,1-3H3,(H,17,21). The summed E-state index contributed by atoms with van der Waals surface area (Å²) in [5, 5.41) is 31.8. The zero-order chi connectivity index (χ0) is 16.9. The Kier molecular flexibility index (Phi) is 6.62. The highest BCUT2D eigenvalue weighted by molar-refractivity contribution is 6.31. The molecule has 1 aromatic rings. The van der Waals surface area contributed by atoms with Crippen LogP contribution in [0.15, 0.2) is 18.2 Å². The maximum absolute atomic E-state index is 11.5. The van der Waals surface area contributed by atoms with Crippen LogP contribution in [0.2, 0.25) is 5.02 Å². The Morgan fingerprint density at radius 3 is 2.55 bits per heavy atom. The van der Waals surface area contributed by atoms with Gasteiger partial charge in [0.25, 0.3) is 0 Å². The van der Waals surface area contributed by atoms with Crippen molar-refractivity contribution in [3.05, 3.63) is 34.3 Å². The molecule has 22 heavy (non-hydrogen) atoms. The van der Waals surface area contributed by atoms with Crippen LogP contribution < -0.4 is 5.32 Å². The highest BCUT2D eigenvalue weighted by Gasteiger charge is 2.23. The average molecular weight is 332 g/mol. The molecule has 6 nitrogen and oxygen atoms in total. The minimum absolute atomic E-state index is 0.199. The number of aliphatic hydroxyl groups is 3. The van der Waals surface area contributed by atoms with Crippen molar-refractivity contribution in [3.8, 4) is 0 Å². The van der Waals surface area contributed by atoms with E-state index in [4.69, 9.17) is 21.4 Å². The quantitative estimate of drug-likeness (QED) is 0.659. The minimum Gasteiger partial charge on any atom is -0.444 e. The maximum Gasteiger partial charge on any atom is 0.407 e. The first-order valence-corrected chi connectivity index (χ1v) is 7.24. The van der Waals surface area contributed by atoms with E-state index in [2.05, 4.69) is 5.32 Å². The van der Waals surface area contributed by atoms with Crippen molar-refractivity contribution >= 4 is 17.7 Å². The lowest BCUT2D eigenvalue weighted by Crippen LogP contribution is -2.38. The van der Waals surface area contributed by atoms with Crippen LogP contribution in [0.5, 0.6) is 0 Å². The molecule has 0 aliphatic heterocycles. The molecular weight excluding hydrogens is 310 g/mol. The smallest absolute Gasteiger partial charge is 0.407 e. The average Bonchev–Trinajstić information content (AvgIpc) is 2.42. The summed E-state index contributed by atoms with van der Waals surface area (Å²) in [5.41, 5.74) is 0.198. The van der Waals surface area contributed by atoms with Crippen molar-refractivity contribution in [2.45, 2.75) is 45.2 Å². The van der Waals surface area contributed by atoms with E-state index in [9.17, 15) is 15.0 Å². The highest BCUT2D eigenvalue weighted by Crippen LogP contribution is 2.26. The van der Waals surface area contributed by atoms with Gasteiger partial charge in [0.2, 0.25) is 0 Å². The van der Waals surface area contributed by atoms with Gasteiger partial charge in [-0.25, -0.2) is 4.79 Å². The van der Waals surface area contributed by atoms with Crippen molar-refractivity contribution < 1.29 is 24.9 Å². The molecule has 1 rings (SSSR count). The monoisotopic (exact) mass is 331 g/mol. The Hall–Kier alpha value is -1.34. The number of carbonyl (C=O) groups is 1. The van der Waals surface area contributed by atoms with Gasteiger partial charge in [0.15, 0.2) is 0 Å². The topological polar surface area (TPSA) is 99.0 Å². The zero-order valence-electron chi connectivity index (χ0n) is 12.8. The van der Waals surface area contributed by atoms with E-state index in [0.29, 0.717) is 5.56 Å². The van der Waals surface area contributed by atoms with Crippen molar-refractivity contribution in [2.24, 2.45) is 0 Å². The molecule has 0 aromatic heterocycles. The molecule has 0 saturated heterocycles. The Morgan fingerprint density at radius 1 is 1.36 bits per heavy atom. The predicted molar refractivity (Wildman–Crippen MR) is 82.6 cm³/mol. The van der Waals surface area contributed by atoms with Crippen LogP contribution in [-0.4, -0.2) is 39.7 Å². The lowest BCUT2D eigenvalue weighted by Gasteiger charge is -2.23. The Bertz CT molecular complexity index is 515. The van der Waals surface area contributed by atoms with Gasteiger partial charge in [-0.3, -0.25) is 0 Å². The Labute approximate surface area is 134 Å². The third-order valence-electron chi connectivity index (χ3n) is 2.78. The van der Waals surface area contributed by atoms with E-state index in [1.807, 2.05) is 0 Å². The molecule has 4 N–H and O–H groups in total. The second-order valence-corrected chi connectivity index (χ2v) is 6.32. The van der Waals surface area contributed by atoms with Gasteiger partial charge >= 0.3 is 6.09 Å². The fraction of sp³-hybridized carbons (Fsp3) is 0.533. The molecule has 1 aromatic carbocycles. The molecule has 7 heteroatoms. The first-order chi connectivity index (χ1) is 10.1. The van der Waals surface area contributed by atoms with Gasteiger partial charge in [0.05, 0.1) is 6.61 Å². The Morgan fingerprint density at radius 2 is 2.00 bits per heavy atom. The number of alkyl carbamates (subject to hydrolysis) is 1. The molecule has 0 aliphatic rings. The number of nitrogens with one attached hydrogen (secondary N) is 1. The molecule has 2 atom stereocenters. The molecule has 124 valence electrons. The van der Waals surface area contributed by atoms with Crippen LogP contribution in [0, 0.1) is 0 Å². The van der Waals surface area contributed by atoms with Gasteiger partial charge in [-0.15, -0.1) is 0 Å². The third-order valence-corrected chi connectivity index (χ3v) is 3.12. The van der Waals surface area contributed by atoms with Gasteiger partial charge < -0.3 is 25.4 Å². The number of benzene rings is 1. The summed E-state index contributed by atoms with van der Waals surface area (Å²) >= 11 is 5.98. The summed E-state index contributed by atoms with van der Waals surface area (Å²) in [7, 11) is 0. The van der Waals surface area contributed by atoms with E-state index in [1.165, 1.54) is 12.1 Å². The van der Waals surface area contributed by atoms with Crippen LogP contribution in [0.1, 0.15) is 38.0 Å². The largest absolute Gasteiger partial charge is 0.444 e. The van der Waals surface area contributed by atoms with Gasteiger partial charge in [0, 0.05) is 17.1 Å². The SMILES string of the molecule is CC(C)(C)OC(=O)NCC(O)C(O)c1cc(CO)ccc1Cl. The molecule has 0 bridgehead atoms. The lowest BCUT2D eigenvalue weighted by molar-refractivity contribution is 0.0129. The second kappa shape index (κ2) is 7.78. The number of rotatable bonds is 5. The summed E-state index contributed by atoms with van der Waals surface area (Å²) in [6.45, 7) is 4.76. The first-order valence-electron chi connectivity index (χ1n) is 6.86. The van der Waals surface area contributed by atoms with E-state index in [-0.39, 0.29) is 23.7 Å². The van der Waals surface area contributed by atoms with Gasteiger partial charge in [0.1, 0.15) is 17.8 Å². The lowest BCUT2D eigenvalue weighted by atomic mass is 10.0. The van der Waals surface area contributed by atoms with Crippen molar-refractivity contribution in [1.82, 2.24) is 5.32 Å². The van der Waals surface area contributed by atoms with Crippen molar-refractivity contribution in [3.63, 3.8) is 0 Å². The number of ether oxygens (including phenoxy) is 1. The molecule has 0 aliphatic carbocycles. The highest BCUT2D eigenvalue weighted by atomic mass is 35.5. The van der Waals surface area contributed by atoms with Gasteiger partial charge in [-0.2, -0.15) is 0 Å². The molecule has 0 heterocycles. The van der Waals surface area contributed by atoms with Crippen LogP contribution in [0.4, 0.5) is 4.79 Å². The molecule has 0 radical (unpaired) electrons. The van der Waals surface area contributed by atoms with Crippen LogP contribution in [-0.2, 0) is 11.3 Å². The fourth-order valence-electron chi connectivity index (χ4n) is 1.74. The van der Waals surface area contributed by atoms with Gasteiger partial charge in [-0.1, -0.05) is 17.7 Å². The summed E-state index contributed by atoms with van der Waals surface area (Å²) < 4.78 is 5.03. The number of hydrogen-bond donors (Lipinski definition) is 4. The molecule has 0 spiro atoms. The maximum atomic E-state index is 11.5. The summed E-state index contributed by atoms with van der Waals surface area (Å²) in [6, 6.07) is 4.65. The zero-order valence-corrected chi connectivity index (χ0v) is 13.6. The first kappa shape index (κ1) is 18.7. The van der Waals surface area contributed by atoms with Crippen LogP contribution in [0.3, 0.4) is 0 Å². The summed E-state index contributed by atoms with van der Waals surface area (Å²) in [5.74, 6) is 0. The van der Waals surface area contributed by atoms with E-state index >= 15 is 0 Å². The fourth-order valence-corrected chi connectivity index (χ4v) is 1.97. The second-order valence-electron chi connectivity index (χ2n) is 5.91. The number of aliphatic hydroxyl groups excluding tert-OH is 3. The van der Waals surface area contributed by atoms with Gasteiger partial charge in [-0.05, 0) is 38.5 Å². The summed E-state index contributed by atoms with van der Waals surface area (Å²) in [6.07, 6.45) is -3.25. The van der Waals surface area contributed by atoms with E-state index < -0.39 is 23.9 Å². The predicted octanol–water partition coefficient (Wildman–Crippen LogP) is 1.75. The minimum atomic E-state index is -1.30. The number of halogens is 1. The number of carbonyl (C=O) groups excluding carboxylic acids is 1. The molecule has 0 fully saturated rings. The molecule has 2 unspecified atom stereocenters. The molecule has 1 amide bonds. The van der Waals surface area contributed by atoms with Crippen LogP contribution in [0.25, 0.3) is 0 Å². The molecular formula is C15H22ClNO5. The van der Waals surface area contributed by atoms with Crippen LogP contribution >= 0.6 is 11.6 Å². The molecule has 0 saturated carbocycles. The van der Waals surface area contributed by atoms with Crippen molar-refractivity contribution in [1.29, 1.82) is 0 Å². The number of amides is 1. The number of hydrogen-bond acceptors (Lipinski definition) is 5.